The van der Waals surface area contributed by atoms with Crippen molar-refractivity contribution in [1.82, 2.24) is 25.2 Å². The second-order valence-corrected chi connectivity index (χ2v) is 13.0. The van der Waals surface area contributed by atoms with Crippen molar-refractivity contribution in [1.29, 1.82) is 0 Å². The number of aromatic amines is 1. The monoisotopic (exact) mass is 600 g/mol. The van der Waals surface area contributed by atoms with Crippen molar-refractivity contribution in [2.45, 2.75) is 25.7 Å². The SMILES string of the molecule is CNC(=O)c1c(-c2ccc(C)cc2)oc2cc(N(C)S(C)(=O)=O)c([C@H]3CCCN(C(=O)c4nc5ncccc5[nH]4)C3)cc12. The first-order chi connectivity index (χ1) is 20.5. The maximum atomic E-state index is 13.5. The molecule has 1 fully saturated rings. The van der Waals surface area contributed by atoms with E-state index >= 15 is 0 Å². The number of likely N-dealkylation sites (tertiary alicyclic amines) is 1. The molecule has 6 rings (SSSR count). The molecule has 11 nitrogen and oxygen atoms in total. The Labute approximate surface area is 249 Å². The van der Waals surface area contributed by atoms with Crippen LogP contribution in [0.5, 0.6) is 0 Å². The predicted molar refractivity (Wildman–Crippen MR) is 165 cm³/mol. The molecule has 12 heteroatoms. The Morgan fingerprint density at radius 1 is 1.16 bits per heavy atom. The zero-order chi connectivity index (χ0) is 30.5. The fourth-order valence-electron chi connectivity index (χ4n) is 5.70. The fourth-order valence-corrected chi connectivity index (χ4v) is 6.21. The summed E-state index contributed by atoms with van der Waals surface area (Å²) in [5, 5.41) is 3.29. The minimum absolute atomic E-state index is 0.206. The average Bonchev–Trinajstić information content (AvgIpc) is 3.61. The first-order valence-corrected chi connectivity index (χ1v) is 15.8. The second kappa shape index (κ2) is 10.8. The number of piperidine rings is 1. The molecule has 2 N–H and O–H groups in total. The van der Waals surface area contributed by atoms with Gasteiger partial charge in [0.25, 0.3) is 11.8 Å². The molecular formula is C31H32N6O5S. The second-order valence-electron chi connectivity index (χ2n) is 10.9. The number of furan rings is 1. The molecule has 1 aliphatic rings. The van der Waals surface area contributed by atoms with Crippen molar-refractivity contribution in [2.24, 2.45) is 0 Å². The standard InChI is InChI=1S/C31H32N6O5S/c1-18-9-11-19(12-10-18)27-26(30(38)32-2)22-15-21(24(16-25(22)42-27)36(3)43(4,40)41)20-7-6-14-37(17-20)31(39)29-34-23-8-5-13-33-28(23)35-29/h5,8-13,15-16,20H,6-7,14,17H2,1-4H3,(H,32,38)(H,33,34,35)/t20-/m0/s1. The molecule has 0 unspecified atom stereocenters. The van der Waals surface area contributed by atoms with E-state index in [9.17, 15) is 18.0 Å². The van der Waals surface area contributed by atoms with Crippen LogP contribution in [-0.4, -0.2) is 73.5 Å². The van der Waals surface area contributed by atoms with Crippen LogP contribution in [0.4, 0.5) is 5.69 Å². The van der Waals surface area contributed by atoms with Crippen LogP contribution in [0.25, 0.3) is 33.5 Å². The summed E-state index contributed by atoms with van der Waals surface area (Å²) in [4.78, 5) is 40.2. The Bertz CT molecular complexity index is 1950. The normalized spacial score (nSPS) is 15.6. The van der Waals surface area contributed by atoms with Crippen molar-refractivity contribution in [3.05, 3.63) is 77.2 Å². The van der Waals surface area contributed by atoms with Gasteiger partial charge in [0.05, 0.1) is 23.0 Å². The van der Waals surface area contributed by atoms with Crippen molar-refractivity contribution in [3.63, 3.8) is 0 Å². The van der Waals surface area contributed by atoms with Crippen LogP contribution < -0.4 is 9.62 Å². The van der Waals surface area contributed by atoms with Crippen LogP contribution in [0.2, 0.25) is 0 Å². The van der Waals surface area contributed by atoms with Crippen molar-refractivity contribution >= 4 is 49.7 Å². The highest BCUT2D eigenvalue weighted by Gasteiger charge is 2.32. The number of hydrogen-bond acceptors (Lipinski definition) is 7. The minimum Gasteiger partial charge on any atom is -0.455 e. The summed E-state index contributed by atoms with van der Waals surface area (Å²) in [5.74, 6) is -0.170. The lowest BCUT2D eigenvalue weighted by Gasteiger charge is -2.34. The molecule has 1 saturated heterocycles. The highest BCUT2D eigenvalue weighted by atomic mass is 32.2. The summed E-state index contributed by atoms with van der Waals surface area (Å²) in [7, 11) is -0.588. The van der Waals surface area contributed by atoms with Crippen LogP contribution in [0.3, 0.4) is 0 Å². The van der Waals surface area contributed by atoms with Crippen LogP contribution in [-0.2, 0) is 10.0 Å². The number of imidazole rings is 1. The zero-order valence-corrected chi connectivity index (χ0v) is 25.2. The summed E-state index contributed by atoms with van der Waals surface area (Å²) >= 11 is 0. The van der Waals surface area contributed by atoms with Gasteiger partial charge in [0.2, 0.25) is 10.0 Å². The van der Waals surface area contributed by atoms with E-state index < -0.39 is 10.0 Å². The smallest absolute Gasteiger partial charge is 0.289 e. The Morgan fingerprint density at radius 3 is 2.63 bits per heavy atom. The number of nitrogens with zero attached hydrogens (tertiary/aromatic N) is 4. The number of carbonyl (C=O) groups excluding carboxylic acids is 2. The summed E-state index contributed by atoms with van der Waals surface area (Å²) in [5.41, 5.74) is 4.85. The van der Waals surface area contributed by atoms with Crippen molar-refractivity contribution in [3.8, 4) is 11.3 Å². The Kier molecular flexibility index (Phi) is 7.17. The third-order valence-electron chi connectivity index (χ3n) is 8.05. The number of pyridine rings is 1. The van der Waals surface area contributed by atoms with Crippen LogP contribution >= 0.6 is 0 Å². The number of benzene rings is 2. The Hall–Kier alpha value is -4.71. The molecule has 2 amide bonds. The van der Waals surface area contributed by atoms with Gasteiger partial charge in [-0.1, -0.05) is 29.8 Å². The number of hydrogen-bond donors (Lipinski definition) is 2. The first-order valence-electron chi connectivity index (χ1n) is 14.0. The van der Waals surface area contributed by atoms with E-state index in [1.807, 2.05) is 43.3 Å². The third kappa shape index (κ3) is 5.22. The summed E-state index contributed by atoms with van der Waals surface area (Å²) in [6.45, 7) is 2.86. The van der Waals surface area contributed by atoms with Crippen LogP contribution in [0, 0.1) is 6.92 Å². The number of fused-ring (bicyclic) bond motifs is 2. The fraction of sp³-hybridized carbons (Fsp3) is 0.290. The Balaban J connectivity index is 1.46. The molecule has 0 radical (unpaired) electrons. The number of sulfonamides is 1. The molecule has 4 heterocycles. The summed E-state index contributed by atoms with van der Waals surface area (Å²) in [6.07, 6.45) is 4.19. The van der Waals surface area contributed by atoms with Crippen LogP contribution in [0.1, 0.15) is 50.9 Å². The maximum Gasteiger partial charge on any atom is 0.289 e. The molecule has 3 aromatic heterocycles. The number of anilines is 1. The van der Waals surface area contributed by atoms with E-state index in [1.54, 1.807) is 30.3 Å². The van der Waals surface area contributed by atoms with Crippen molar-refractivity contribution in [2.75, 3.05) is 37.7 Å². The quantitative estimate of drug-likeness (QED) is 0.293. The summed E-state index contributed by atoms with van der Waals surface area (Å²) < 4.78 is 33.0. The van der Waals surface area contributed by atoms with E-state index in [2.05, 4.69) is 20.3 Å². The van der Waals surface area contributed by atoms with Gasteiger partial charge in [0, 0.05) is 56.3 Å². The van der Waals surface area contributed by atoms with Gasteiger partial charge in [0.15, 0.2) is 11.5 Å². The molecule has 5 aromatic rings. The topological polar surface area (TPSA) is 142 Å². The molecular weight excluding hydrogens is 568 g/mol. The molecule has 1 aliphatic heterocycles. The number of aromatic nitrogens is 3. The molecule has 0 saturated carbocycles. The van der Waals surface area contributed by atoms with Crippen molar-refractivity contribution < 1.29 is 22.4 Å². The lowest BCUT2D eigenvalue weighted by atomic mass is 9.88. The number of H-pyrrole nitrogens is 1. The minimum atomic E-state index is -3.64. The van der Waals surface area contributed by atoms with Crippen LogP contribution in [0.15, 0.2) is 59.1 Å². The molecule has 2 aromatic carbocycles. The maximum absolute atomic E-state index is 13.5. The van der Waals surface area contributed by atoms with E-state index in [-0.39, 0.29) is 23.6 Å². The molecule has 0 spiro atoms. The van der Waals surface area contributed by atoms with Gasteiger partial charge in [-0.2, -0.15) is 0 Å². The van der Waals surface area contributed by atoms with Gasteiger partial charge in [-0.05, 0) is 43.5 Å². The number of aryl methyl sites for hydroxylation is 1. The van der Waals surface area contributed by atoms with Gasteiger partial charge in [-0.25, -0.2) is 18.4 Å². The van der Waals surface area contributed by atoms with Gasteiger partial charge < -0.3 is 19.6 Å². The van der Waals surface area contributed by atoms with E-state index in [4.69, 9.17) is 4.42 Å². The molecule has 1 atom stereocenters. The van der Waals surface area contributed by atoms with Gasteiger partial charge >= 0.3 is 0 Å². The largest absolute Gasteiger partial charge is 0.455 e. The van der Waals surface area contributed by atoms with Gasteiger partial charge in [0.1, 0.15) is 11.3 Å². The highest BCUT2D eigenvalue weighted by molar-refractivity contribution is 7.92. The number of nitrogens with one attached hydrogen (secondary N) is 2. The lowest BCUT2D eigenvalue weighted by Crippen LogP contribution is -2.40. The van der Waals surface area contributed by atoms with E-state index in [0.29, 0.717) is 64.2 Å². The predicted octanol–water partition coefficient (Wildman–Crippen LogP) is 4.45. The lowest BCUT2D eigenvalue weighted by molar-refractivity contribution is 0.0696. The van der Waals surface area contributed by atoms with Gasteiger partial charge in [-0.3, -0.25) is 13.9 Å². The highest BCUT2D eigenvalue weighted by Crippen LogP contribution is 2.42. The number of carbonyl (C=O) groups is 2. The number of rotatable bonds is 6. The Morgan fingerprint density at radius 2 is 1.93 bits per heavy atom. The van der Waals surface area contributed by atoms with E-state index in [0.717, 1.165) is 23.8 Å². The number of amides is 2. The third-order valence-corrected chi connectivity index (χ3v) is 9.24. The zero-order valence-electron chi connectivity index (χ0n) is 24.3. The summed E-state index contributed by atoms with van der Waals surface area (Å²) in [6, 6.07) is 14.8. The molecule has 43 heavy (non-hydrogen) atoms. The molecule has 0 aliphatic carbocycles. The first kappa shape index (κ1) is 28.4. The molecule has 0 bridgehead atoms. The van der Waals surface area contributed by atoms with E-state index in [1.165, 1.54) is 11.4 Å². The molecule has 222 valence electrons. The average molecular weight is 601 g/mol. The van der Waals surface area contributed by atoms with Gasteiger partial charge in [-0.15, -0.1) is 0 Å².